The fourth-order valence-electron chi connectivity index (χ4n) is 2.07. The van der Waals surface area contributed by atoms with E-state index in [-0.39, 0.29) is 17.4 Å². The first-order chi connectivity index (χ1) is 9.37. The van der Waals surface area contributed by atoms with Gasteiger partial charge in [-0.3, -0.25) is 4.79 Å². The van der Waals surface area contributed by atoms with E-state index in [0.717, 1.165) is 24.2 Å². The van der Waals surface area contributed by atoms with E-state index in [1.807, 2.05) is 58.9 Å². The number of nitrogens with one attached hydrogen (secondary N) is 1. The van der Waals surface area contributed by atoms with Crippen molar-refractivity contribution in [3.05, 3.63) is 29.8 Å². The molecule has 3 heteroatoms. The van der Waals surface area contributed by atoms with Crippen molar-refractivity contribution in [3.8, 4) is 5.75 Å². The Labute approximate surface area is 122 Å². The smallest absolute Gasteiger partial charge is 0.223 e. The van der Waals surface area contributed by atoms with E-state index in [1.54, 1.807) is 0 Å². The van der Waals surface area contributed by atoms with Crippen molar-refractivity contribution in [2.45, 2.75) is 59.6 Å². The molecule has 0 saturated heterocycles. The largest absolute Gasteiger partial charge is 0.488 e. The molecule has 0 aliphatic carbocycles. The van der Waals surface area contributed by atoms with Crippen LogP contribution in [0.4, 0.5) is 0 Å². The van der Waals surface area contributed by atoms with Gasteiger partial charge in [-0.15, -0.1) is 0 Å². The lowest BCUT2D eigenvalue weighted by Crippen LogP contribution is -2.30. The molecule has 0 bridgehead atoms. The number of carbonyl (C=O) groups excluding carboxylic acids is 1. The van der Waals surface area contributed by atoms with Gasteiger partial charge < -0.3 is 10.1 Å². The van der Waals surface area contributed by atoms with Crippen LogP contribution < -0.4 is 10.1 Å². The van der Waals surface area contributed by atoms with Crippen molar-refractivity contribution in [1.29, 1.82) is 0 Å². The average Bonchev–Trinajstić information content (AvgIpc) is 2.37. The zero-order chi connectivity index (χ0) is 15.2. The molecular formula is C17H27NO2. The van der Waals surface area contributed by atoms with Crippen molar-refractivity contribution in [2.75, 3.05) is 0 Å². The first-order valence-corrected chi connectivity index (χ1v) is 7.42. The maximum atomic E-state index is 12.0. The predicted molar refractivity (Wildman–Crippen MR) is 82.7 cm³/mol. The van der Waals surface area contributed by atoms with E-state index < -0.39 is 0 Å². The Morgan fingerprint density at radius 1 is 1.20 bits per heavy atom. The van der Waals surface area contributed by atoms with Gasteiger partial charge in [0.05, 0.1) is 0 Å². The van der Waals surface area contributed by atoms with Gasteiger partial charge in [-0.05, 0) is 39.7 Å². The maximum absolute atomic E-state index is 12.0. The van der Waals surface area contributed by atoms with Gasteiger partial charge >= 0.3 is 0 Å². The molecule has 1 N–H and O–H groups in total. The molecule has 0 heterocycles. The molecule has 0 radical (unpaired) electrons. The molecule has 20 heavy (non-hydrogen) atoms. The zero-order valence-electron chi connectivity index (χ0n) is 13.3. The number of amides is 1. The summed E-state index contributed by atoms with van der Waals surface area (Å²) in [5, 5.41) is 3.01. The lowest BCUT2D eigenvalue weighted by molar-refractivity contribution is -0.125. The molecule has 0 aliphatic rings. The minimum absolute atomic E-state index is 0.102. The molecule has 0 atom stereocenters. The van der Waals surface area contributed by atoms with Crippen molar-refractivity contribution in [3.63, 3.8) is 0 Å². The number of benzene rings is 1. The van der Waals surface area contributed by atoms with E-state index in [4.69, 9.17) is 4.74 Å². The number of rotatable bonds is 6. The minimum Gasteiger partial charge on any atom is -0.488 e. The van der Waals surface area contributed by atoms with E-state index in [1.165, 1.54) is 0 Å². The standard InChI is InChI=1S/C17H27NO2/c1-6-13(7-2)16(19)18-12-14-10-8-9-11-15(14)20-17(3,4)5/h8-11,13H,6-7,12H2,1-5H3,(H,18,19). The molecule has 1 aromatic carbocycles. The van der Waals surface area contributed by atoms with Crippen LogP contribution in [-0.4, -0.2) is 11.5 Å². The SMILES string of the molecule is CCC(CC)C(=O)NCc1ccccc1OC(C)(C)C. The molecule has 1 aromatic rings. The number of hydrogen-bond acceptors (Lipinski definition) is 2. The monoisotopic (exact) mass is 277 g/mol. The molecule has 0 aliphatic heterocycles. The average molecular weight is 277 g/mol. The summed E-state index contributed by atoms with van der Waals surface area (Å²) in [5.41, 5.74) is 0.775. The van der Waals surface area contributed by atoms with Gasteiger partial charge in [-0.1, -0.05) is 32.0 Å². The first-order valence-electron chi connectivity index (χ1n) is 7.42. The van der Waals surface area contributed by atoms with E-state index in [0.29, 0.717) is 6.54 Å². The lowest BCUT2D eigenvalue weighted by atomic mass is 10.0. The number of hydrogen-bond donors (Lipinski definition) is 1. The van der Waals surface area contributed by atoms with Gasteiger partial charge in [-0.2, -0.15) is 0 Å². The Balaban J connectivity index is 2.71. The summed E-state index contributed by atoms with van der Waals surface area (Å²) in [7, 11) is 0. The topological polar surface area (TPSA) is 38.3 Å². The van der Waals surface area contributed by atoms with Crippen LogP contribution >= 0.6 is 0 Å². The second-order valence-corrected chi connectivity index (χ2v) is 6.05. The maximum Gasteiger partial charge on any atom is 0.223 e. The molecule has 0 unspecified atom stereocenters. The molecule has 112 valence electrons. The molecule has 0 fully saturated rings. The summed E-state index contributed by atoms with van der Waals surface area (Å²) in [6.45, 7) is 10.7. The number of ether oxygens (including phenoxy) is 1. The highest BCUT2D eigenvalue weighted by Gasteiger charge is 2.16. The third-order valence-corrected chi connectivity index (χ3v) is 3.20. The van der Waals surface area contributed by atoms with Gasteiger partial charge in [0.1, 0.15) is 11.4 Å². The van der Waals surface area contributed by atoms with Crippen LogP contribution in [0.1, 0.15) is 53.0 Å². The summed E-state index contributed by atoms with van der Waals surface area (Å²) >= 11 is 0. The predicted octanol–water partition coefficient (Wildman–Crippen LogP) is 3.92. The van der Waals surface area contributed by atoms with Gasteiger partial charge in [-0.25, -0.2) is 0 Å². The Kier molecular flexibility index (Phi) is 6.05. The van der Waals surface area contributed by atoms with Crippen molar-refractivity contribution in [1.82, 2.24) is 5.32 Å². The molecular weight excluding hydrogens is 250 g/mol. The summed E-state index contributed by atoms with van der Waals surface area (Å²) in [5.74, 6) is 1.07. The van der Waals surface area contributed by atoms with Crippen LogP contribution in [-0.2, 0) is 11.3 Å². The second kappa shape index (κ2) is 7.32. The molecule has 0 saturated carbocycles. The highest BCUT2D eigenvalue weighted by Crippen LogP contribution is 2.23. The summed E-state index contributed by atoms with van der Waals surface area (Å²) < 4.78 is 5.93. The third-order valence-electron chi connectivity index (χ3n) is 3.20. The van der Waals surface area contributed by atoms with Crippen LogP contribution in [0.2, 0.25) is 0 Å². The Morgan fingerprint density at radius 2 is 1.80 bits per heavy atom. The quantitative estimate of drug-likeness (QED) is 0.856. The Hall–Kier alpha value is -1.51. The lowest BCUT2D eigenvalue weighted by Gasteiger charge is -2.23. The minimum atomic E-state index is -0.241. The van der Waals surface area contributed by atoms with Crippen molar-refractivity contribution >= 4 is 5.91 Å². The summed E-state index contributed by atoms with van der Waals surface area (Å²) in [6.07, 6.45) is 1.75. The zero-order valence-corrected chi connectivity index (χ0v) is 13.3. The second-order valence-electron chi connectivity index (χ2n) is 6.05. The summed E-state index contributed by atoms with van der Waals surface area (Å²) in [6, 6.07) is 7.86. The number of carbonyl (C=O) groups is 1. The van der Waals surface area contributed by atoms with Crippen molar-refractivity contribution < 1.29 is 9.53 Å². The Morgan fingerprint density at radius 3 is 2.35 bits per heavy atom. The van der Waals surface area contributed by atoms with E-state index in [2.05, 4.69) is 5.32 Å². The molecule has 0 aromatic heterocycles. The third kappa shape index (κ3) is 5.24. The summed E-state index contributed by atoms with van der Waals surface area (Å²) in [4.78, 5) is 12.0. The van der Waals surface area contributed by atoms with Crippen LogP contribution in [0, 0.1) is 5.92 Å². The van der Waals surface area contributed by atoms with Gasteiger partial charge in [0.25, 0.3) is 0 Å². The molecule has 0 spiro atoms. The van der Waals surface area contributed by atoms with Crippen LogP contribution in [0.5, 0.6) is 5.75 Å². The molecule has 3 nitrogen and oxygen atoms in total. The molecule has 1 rings (SSSR count). The van der Waals surface area contributed by atoms with Crippen LogP contribution in [0.3, 0.4) is 0 Å². The first kappa shape index (κ1) is 16.5. The number of para-hydroxylation sites is 1. The van der Waals surface area contributed by atoms with Gasteiger partial charge in [0.15, 0.2) is 0 Å². The van der Waals surface area contributed by atoms with E-state index >= 15 is 0 Å². The van der Waals surface area contributed by atoms with Gasteiger partial charge in [0, 0.05) is 18.0 Å². The highest BCUT2D eigenvalue weighted by molar-refractivity contribution is 5.78. The fourth-order valence-corrected chi connectivity index (χ4v) is 2.07. The van der Waals surface area contributed by atoms with Gasteiger partial charge in [0.2, 0.25) is 5.91 Å². The van der Waals surface area contributed by atoms with Crippen LogP contribution in [0.25, 0.3) is 0 Å². The highest BCUT2D eigenvalue weighted by atomic mass is 16.5. The molecule has 1 amide bonds. The Bertz CT molecular complexity index is 431. The van der Waals surface area contributed by atoms with Crippen LogP contribution in [0.15, 0.2) is 24.3 Å². The van der Waals surface area contributed by atoms with Crippen molar-refractivity contribution in [2.24, 2.45) is 5.92 Å². The normalized spacial score (nSPS) is 11.5. The van der Waals surface area contributed by atoms with E-state index in [9.17, 15) is 4.79 Å². The fraction of sp³-hybridized carbons (Fsp3) is 0.588.